The van der Waals surface area contributed by atoms with Crippen LogP contribution in [0.15, 0.2) is 0 Å². The SMILES string of the molecule is CN1CCCC(CNC(=O)CN2CCCNCC2)C1. The summed E-state index contributed by atoms with van der Waals surface area (Å²) >= 11 is 0. The van der Waals surface area contributed by atoms with Gasteiger partial charge in [-0.2, -0.15) is 0 Å². The molecule has 2 aliphatic rings. The Kier molecular flexibility index (Phi) is 6.07. The number of nitrogens with zero attached hydrogens (tertiary/aromatic N) is 2. The van der Waals surface area contributed by atoms with Crippen molar-refractivity contribution in [3.8, 4) is 0 Å². The van der Waals surface area contributed by atoms with Gasteiger partial charge in [-0.05, 0) is 51.9 Å². The molecule has 1 atom stereocenters. The Morgan fingerprint density at radius 2 is 2.16 bits per heavy atom. The van der Waals surface area contributed by atoms with Gasteiger partial charge in [0, 0.05) is 26.2 Å². The molecule has 0 aliphatic carbocycles. The Morgan fingerprint density at radius 3 is 3.00 bits per heavy atom. The van der Waals surface area contributed by atoms with Gasteiger partial charge in [-0.3, -0.25) is 9.69 Å². The Morgan fingerprint density at radius 1 is 1.26 bits per heavy atom. The summed E-state index contributed by atoms with van der Waals surface area (Å²) in [5.41, 5.74) is 0. The van der Waals surface area contributed by atoms with Crippen LogP contribution in [0.1, 0.15) is 19.3 Å². The van der Waals surface area contributed by atoms with Crippen molar-refractivity contribution in [2.45, 2.75) is 19.3 Å². The summed E-state index contributed by atoms with van der Waals surface area (Å²) in [6.45, 7) is 7.82. The zero-order valence-corrected chi connectivity index (χ0v) is 12.2. The summed E-state index contributed by atoms with van der Waals surface area (Å²) in [4.78, 5) is 16.6. The minimum atomic E-state index is 0.190. The van der Waals surface area contributed by atoms with E-state index in [2.05, 4.69) is 27.5 Å². The molecule has 110 valence electrons. The zero-order valence-electron chi connectivity index (χ0n) is 12.2. The Bertz CT molecular complexity index is 277. The third-order valence-corrected chi connectivity index (χ3v) is 4.11. The molecule has 1 unspecified atom stereocenters. The number of hydrogen-bond acceptors (Lipinski definition) is 4. The smallest absolute Gasteiger partial charge is 0.234 e. The number of carbonyl (C=O) groups is 1. The lowest BCUT2D eigenvalue weighted by Crippen LogP contribution is -2.43. The first-order valence-corrected chi connectivity index (χ1v) is 7.62. The van der Waals surface area contributed by atoms with Crippen LogP contribution in [0, 0.1) is 5.92 Å². The van der Waals surface area contributed by atoms with Crippen LogP contribution in [0.2, 0.25) is 0 Å². The van der Waals surface area contributed by atoms with Crippen LogP contribution in [-0.2, 0) is 4.79 Å². The molecule has 2 fully saturated rings. The molecule has 5 nitrogen and oxygen atoms in total. The van der Waals surface area contributed by atoms with E-state index in [1.54, 1.807) is 0 Å². The lowest BCUT2D eigenvalue weighted by atomic mass is 9.98. The average molecular weight is 268 g/mol. The van der Waals surface area contributed by atoms with Gasteiger partial charge in [-0.1, -0.05) is 0 Å². The van der Waals surface area contributed by atoms with Gasteiger partial charge in [0.1, 0.15) is 0 Å². The van der Waals surface area contributed by atoms with Crippen molar-refractivity contribution in [3.63, 3.8) is 0 Å². The predicted octanol–water partition coefficient (Wildman–Crippen LogP) is -0.260. The van der Waals surface area contributed by atoms with E-state index in [-0.39, 0.29) is 5.91 Å². The molecule has 2 heterocycles. The molecule has 0 bridgehead atoms. The molecule has 0 saturated carbocycles. The van der Waals surface area contributed by atoms with Crippen LogP contribution in [0.5, 0.6) is 0 Å². The first-order chi connectivity index (χ1) is 9.24. The van der Waals surface area contributed by atoms with Crippen LogP contribution < -0.4 is 10.6 Å². The molecule has 2 rings (SSSR count). The second-order valence-corrected chi connectivity index (χ2v) is 5.95. The number of nitrogens with one attached hydrogen (secondary N) is 2. The van der Waals surface area contributed by atoms with Crippen molar-refractivity contribution in [2.24, 2.45) is 5.92 Å². The van der Waals surface area contributed by atoms with Gasteiger partial charge < -0.3 is 15.5 Å². The fraction of sp³-hybridized carbons (Fsp3) is 0.929. The van der Waals surface area contributed by atoms with E-state index in [4.69, 9.17) is 0 Å². The lowest BCUT2D eigenvalue weighted by molar-refractivity contribution is -0.122. The van der Waals surface area contributed by atoms with Crippen LogP contribution in [-0.4, -0.2) is 75.1 Å². The number of piperidine rings is 1. The summed E-state index contributed by atoms with van der Waals surface area (Å²) in [7, 11) is 2.16. The first kappa shape index (κ1) is 14.8. The second-order valence-electron chi connectivity index (χ2n) is 5.95. The van der Waals surface area contributed by atoms with E-state index in [0.29, 0.717) is 12.5 Å². The maximum absolute atomic E-state index is 12.0. The molecule has 0 radical (unpaired) electrons. The fourth-order valence-corrected chi connectivity index (χ4v) is 3.02. The minimum absolute atomic E-state index is 0.190. The molecule has 0 spiro atoms. The largest absolute Gasteiger partial charge is 0.355 e. The summed E-state index contributed by atoms with van der Waals surface area (Å²) in [6.07, 6.45) is 3.65. The van der Waals surface area contributed by atoms with Crippen LogP contribution in [0.25, 0.3) is 0 Å². The molecular formula is C14H28N4O. The van der Waals surface area contributed by atoms with Crippen molar-refractivity contribution in [1.82, 2.24) is 20.4 Å². The van der Waals surface area contributed by atoms with Gasteiger partial charge in [0.15, 0.2) is 0 Å². The maximum atomic E-state index is 12.0. The predicted molar refractivity (Wildman–Crippen MR) is 77.2 cm³/mol. The summed E-state index contributed by atoms with van der Waals surface area (Å²) < 4.78 is 0. The molecule has 2 N–H and O–H groups in total. The maximum Gasteiger partial charge on any atom is 0.234 e. The standard InChI is InChI=1S/C14H28N4O/c1-17-7-2-4-13(11-17)10-16-14(19)12-18-8-3-5-15-6-9-18/h13,15H,2-12H2,1H3,(H,16,19). The molecule has 0 aromatic carbocycles. The van der Waals surface area contributed by atoms with Gasteiger partial charge >= 0.3 is 0 Å². The molecule has 2 aliphatic heterocycles. The molecule has 2 saturated heterocycles. The van der Waals surface area contributed by atoms with Crippen molar-refractivity contribution in [2.75, 3.05) is 59.4 Å². The number of amides is 1. The number of hydrogen-bond donors (Lipinski definition) is 2. The van der Waals surface area contributed by atoms with Gasteiger partial charge in [0.2, 0.25) is 5.91 Å². The minimum Gasteiger partial charge on any atom is -0.355 e. The highest BCUT2D eigenvalue weighted by Gasteiger charge is 2.18. The molecule has 0 aromatic heterocycles. The number of likely N-dealkylation sites (tertiary alicyclic amines) is 1. The normalized spacial score (nSPS) is 26.9. The van der Waals surface area contributed by atoms with Crippen LogP contribution in [0.3, 0.4) is 0 Å². The first-order valence-electron chi connectivity index (χ1n) is 7.62. The Labute approximate surface area is 116 Å². The van der Waals surface area contributed by atoms with E-state index < -0.39 is 0 Å². The van der Waals surface area contributed by atoms with Crippen molar-refractivity contribution >= 4 is 5.91 Å². The van der Waals surface area contributed by atoms with Crippen molar-refractivity contribution in [3.05, 3.63) is 0 Å². The summed E-state index contributed by atoms with van der Waals surface area (Å²) in [5, 5.41) is 6.47. The third-order valence-electron chi connectivity index (χ3n) is 4.11. The fourth-order valence-electron chi connectivity index (χ4n) is 3.02. The monoisotopic (exact) mass is 268 g/mol. The van der Waals surface area contributed by atoms with E-state index in [1.807, 2.05) is 0 Å². The van der Waals surface area contributed by atoms with Crippen molar-refractivity contribution < 1.29 is 4.79 Å². The third kappa shape index (κ3) is 5.47. The molecule has 5 heteroatoms. The molecule has 19 heavy (non-hydrogen) atoms. The Hall–Kier alpha value is -0.650. The van der Waals surface area contributed by atoms with E-state index >= 15 is 0 Å². The highest BCUT2D eigenvalue weighted by atomic mass is 16.2. The van der Waals surface area contributed by atoms with Crippen LogP contribution in [0.4, 0.5) is 0 Å². The van der Waals surface area contributed by atoms with Gasteiger partial charge in [-0.15, -0.1) is 0 Å². The van der Waals surface area contributed by atoms with Gasteiger partial charge in [-0.25, -0.2) is 0 Å². The Balaban J connectivity index is 1.63. The second kappa shape index (κ2) is 7.82. The topological polar surface area (TPSA) is 47.6 Å². The summed E-state index contributed by atoms with van der Waals surface area (Å²) in [6, 6.07) is 0. The molecule has 1 amide bonds. The van der Waals surface area contributed by atoms with E-state index in [1.165, 1.54) is 19.4 Å². The van der Waals surface area contributed by atoms with Gasteiger partial charge in [0.05, 0.1) is 6.54 Å². The van der Waals surface area contributed by atoms with Crippen LogP contribution >= 0.6 is 0 Å². The highest BCUT2D eigenvalue weighted by Crippen LogP contribution is 2.13. The lowest BCUT2D eigenvalue weighted by Gasteiger charge is -2.30. The molecule has 0 aromatic rings. The highest BCUT2D eigenvalue weighted by molar-refractivity contribution is 5.78. The summed E-state index contributed by atoms with van der Waals surface area (Å²) in [5.74, 6) is 0.823. The molecular weight excluding hydrogens is 240 g/mol. The average Bonchev–Trinajstić information content (AvgIpc) is 2.65. The quantitative estimate of drug-likeness (QED) is 0.737. The van der Waals surface area contributed by atoms with E-state index in [9.17, 15) is 4.79 Å². The number of rotatable bonds is 4. The van der Waals surface area contributed by atoms with E-state index in [0.717, 1.165) is 45.7 Å². The zero-order chi connectivity index (χ0) is 13.5. The van der Waals surface area contributed by atoms with Gasteiger partial charge in [0.25, 0.3) is 0 Å². The van der Waals surface area contributed by atoms with Crippen molar-refractivity contribution in [1.29, 1.82) is 0 Å². The number of carbonyl (C=O) groups excluding carboxylic acids is 1.